The molecule has 0 spiro atoms. The predicted molar refractivity (Wildman–Crippen MR) is 152 cm³/mol. The highest BCUT2D eigenvalue weighted by Gasteiger charge is 2.33. The number of anilines is 1. The Balaban J connectivity index is 2.08. The Bertz CT molecular complexity index is 1410. The predicted octanol–water partition coefficient (Wildman–Crippen LogP) is 5.36. The van der Waals surface area contributed by atoms with Gasteiger partial charge in [0.1, 0.15) is 12.6 Å². The van der Waals surface area contributed by atoms with Crippen LogP contribution in [0.15, 0.2) is 71.6 Å². The number of sulfonamides is 1. The van der Waals surface area contributed by atoms with Crippen LogP contribution in [0.1, 0.15) is 30.5 Å². The van der Waals surface area contributed by atoms with Crippen molar-refractivity contribution in [3.63, 3.8) is 0 Å². The average molecular weight is 577 g/mol. The Labute approximate surface area is 234 Å². The van der Waals surface area contributed by atoms with E-state index in [1.165, 1.54) is 29.2 Å². The molecule has 0 aliphatic heterocycles. The molecule has 0 saturated heterocycles. The number of carbonyl (C=O) groups excluding carboxylic acids is 2. The van der Waals surface area contributed by atoms with Gasteiger partial charge in [0.2, 0.25) is 11.8 Å². The lowest BCUT2D eigenvalue weighted by atomic mass is 10.1. The second-order valence-electron chi connectivity index (χ2n) is 8.98. The van der Waals surface area contributed by atoms with Crippen LogP contribution in [0.3, 0.4) is 0 Å². The molecule has 7 nitrogen and oxygen atoms in total. The SMILES string of the molecule is CCNC(=O)C(C)N(Cc1cccc(C)c1)C(=O)CN(c1cccc(Cl)c1Cl)S(=O)(=O)c1ccc(C)cc1. The zero-order valence-electron chi connectivity index (χ0n) is 21.7. The number of likely N-dealkylation sites (N-methyl/N-ethyl adjacent to an activating group) is 1. The number of halogens is 2. The van der Waals surface area contributed by atoms with Gasteiger partial charge in [-0.2, -0.15) is 0 Å². The standard InChI is InChI=1S/C28H31Cl2N3O4S/c1-5-31-28(35)21(4)32(17-22-9-6-8-20(3)16-22)26(34)18-33(25-11-7-10-24(29)27(25)30)38(36,37)23-14-12-19(2)13-15-23/h6-16,21H,5,17-18H2,1-4H3,(H,31,35). The molecule has 1 N–H and O–H groups in total. The fourth-order valence-electron chi connectivity index (χ4n) is 3.95. The van der Waals surface area contributed by atoms with Crippen LogP contribution in [-0.2, 0) is 26.2 Å². The van der Waals surface area contributed by atoms with Crippen LogP contribution in [0.5, 0.6) is 0 Å². The minimum absolute atomic E-state index is 0.000313. The van der Waals surface area contributed by atoms with Gasteiger partial charge in [-0.25, -0.2) is 8.42 Å². The van der Waals surface area contributed by atoms with E-state index in [-0.39, 0.29) is 33.1 Å². The lowest BCUT2D eigenvalue weighted by Gasteiger charge is -2.32. The van der Waals surface area contributed by atoms with Crippen LogP contribution in [0, 0.1) is 13.8 Å². The molecule has 0 heterocycles. The van der Waals surface area contributed by atoms with Crippen LogP contribution in [0.25, 0.3) is 0 Å². The van der Waals surface area contributed by atoms with Gasteiger partial charge in [0.05, 0.1) is 20.6 Å². The molecule has 38 heavy (non-hydrogen) atoms. The molecule has 1 atom stereocenters. The fraction of sp³-hybridized carbons (Fsp3) is 0.286. The summed E-state index contributed by atoms with van der Waals surface area (Å²) in [5, 5.41) is 2.88. The second kappa shape index (κ2) is 12.7. The van der Waals surface area contributed by atoms with Crippen LogP contribution >= 0.6 is 23.2 Å². The third kappa shape index (κ3) is 6.87. The number of benzene rings is 3. The van der Waals surface area contributed by atoms with Gasteiger partial charge in [0.25, 0.3) is 10.0 Å². The van der Waals surface area contributed by atoms with Crippen LogP contribution in [0.2, 0.25) is 10.0 Å². The minimum atomic E-state index is -4.23. The summed E-state index contributed by atoms with van der Waals surface area (Å²) in [4.78, 5) is 28.0. The molecule has 0 saturated carbocycles. The highest BCUT2D eigenvalue weighted by atomic mass is 35.5. The molecule has 0 aromatic heterocycles. The average Bonchev–Trinajstić information content (AvgIpc) is 2.87. The number of rotatable bonds is 10. The van der Waals surface area contributed by atoms with Gasteiger partial charge in [0.15, 0.2) is 0 Å². The van der Waals surface area contributed by atoms with Crippen LogP contribution in [-0.4, -0.2) is 44.3 Å². The Morgan fingerprint density at radius 3 is 2.24 bits per heavy atom. The summed E-state index contributed by atoms with van der Waals surface area (Å²) in [6.07, 6.45) is 0. The molecule has 202 valence electrons. The van der Waals surface area contributed by atoms with Gasteiger partial charge >= 0.3 is 0 Å². The van der Waals surface area contributed by atoms with Crippen molar-refractivity contribution in [2.75, 3.05) is 17.4 Å². The number of aryl methyl sites for hydroxylation is 2. The van der Waals surface area contributed by atoms with Crippen molar-refractivity contribution in [1.29, 1.82) is 0 Å². The maximum absolute atomic E-state index is 13.9. The number of carbonyl (C=O) groups is 2. The van der Waals surface area contributed by atoms with E-state index in [1.54, 1.807) is 32.0 Å². The Hall–Kier alpha value is -3.07. The molecular weight excluding hydrogens is 545 g/mol. The largest absolute Gasteiger partial charge is 0.355 e. The maximum atomic E-state index is 13.9. The highest BCUT2D eigenvalue weighted by molar-refractivity contribution is 7.92. The number of hydrogen-bond donors (Lipinski definition) is 1. The first kappa shape index (κ1) is 29.5. The molecule has 0 bridgehead atoms. The van der Waals surface area contributed by atoms with Gasteiger partial charge in [-0.3, -0.25) is 13.9 Å². The van der Waals surface area contributed by atoms with Gasteiger partial charge in [-0.15, -0.1) is 0 Å². The molecule has 0 radical (unpaired) electrons. The lowest BCUT2D eigenvalue weighted by Crippen LogP contribution is -2.51. The number of amides is 2. The molecule has 10 heteroatoms. The smallest absolute Gasteiger partial charge is 0.264 e. The molecule has 3 aromatic rings. The second-order valence-corrected chi connectivity index (χ2v) is 11.6. The van der Waals surface area contributed by atoms with Crippen molar-refractivity contribution in [3.8, 4) is 0 Å². The van der Waals surface area contributed by atoms with E-state index in [2.05, 4.69) is 5.32 Å². The van der Waals surface area contributed by atoms with E-state index in [4.69, 9.17) is 23.2 Å². The third-order valence-electron chi connectivity index (χ3n) is 6.04. The quantitative estimate of drug-likeness (QED) is 0.352. The summed E-state index contributed by atoms with van der Waals surface area (Å²) in [7, 11) is -4.23. The minimum Gasteiger partial charge on any atom is -0.355 e. The summed E-state index contributed by atoms with van der Waals surface area (Å²) in [6, 6.07) is 17.6. The Kier molecular flexibility index (Phi) is 9.82. The summed E-state index contributed by atoms with van der Waals surface area (Å²) in [6.45, 7) is 7.09. The van der Waals surface area contributed by atoms with Gasteiger partial charge in [0, 0.05) is 13.1 Å². The molecule has 0 fully saturated rings. The van der Waals surface area contributed by atoms with Crippen molar-refractivity contribution in [3.05, 3.63) is 93.5 Å². The van der Waals surface area contributed by atoms with E-state index < -0.39 is 28.5 Å². The van der Waals surface area contributed by atoms with Gasteiger partial charge < -0.3 is 10.2 Å². The number of nitrogens with one attached hydrogen (secondary N) is 1. The Morgan fingerprint density at radius 1 is 0.947 bits per heavy atom. The zero-order valence-corrected chi connectivity index (χ0v) is 24.1. The van der Waals surface area contributed by atoms with Gasteiger partial charge in [-0.05, 0) is 57.5 Å². The molecule has 0 aliphatic carbocycles. The molecule has 3 aromatic carbocycles. The third-order valence-corrected chi connectivity index (χ3v) is 8.62. The molecular formula is C28H31Cl2N3O4S. The normalized spacial score (nSPS) is 12.1. The van der Waals surface area contributed by atoms with Gasteiger partial charge in [-0.1, -0.05) is 76.8 Å². The van der Waals surface area contributed by atoms with Crippen molar-refractivity contribution >= 4 is 50.7 Å². The van der Waals surface area contributed by atoms with E-state index in [0.29, 0.717) is 6.54 Å². The maximum Gasteiger partial charge on any atom is 0.264 e. The lowest BCUT2D eigenvalue weighted by molar-refractivity contribution is -0.139. The van der Waals surface area contributed by atoms with E-state index in [0.717, 1.165) is 21.0 Å². The van der Waals surface area contributed by atoms with Crippen molar-refractivity contribution in [2.45, 2.75) is 45.2 Å². The van der Waals surface area contributed by atoms with E-state index in [1.807, 2.05) is 38.1 Å². The molecule has 3 rings (SSSR count). The first-order chi connectivity index (χ1) is 17.9. The van der Waals surface area contributed by atoms with Crippen molar-refractivity contribution in [1.82, 2.24) is 10.2 Å². The Morgan fingerprint density at radius 2 is 1.61 bits per heavy atom. The van der Waals surface area contributed by atoms with E-state index in [9.17, 15) is 18.0 Å². The summed E-state index contributed by atoms with van der Waals surface area (Å²) in [5.41, 5.74) is 2.75. The topological polar surface area (TPSA) is 86.8 Å². The molecule has 1 unspecified atom stereocenters. The van der Waals surface area contributed by atoms with Crippen LogP contribution < -0.4 is 9.62 Å². The monoisotopic (exact) mass is 575 g/mol. The molecule has 2 amide bonds. The highest BCUT2D eigenvalue weighted by Crippen LogP contribution is 2.35. The van der Waals surface area contributed by atoms with E-state index >= 15 is 0 Å². The summed E-state index contributed by atoms with van der Waals surface area (Å²) >= 11 is 12.7. The number of nitrogens with zero attached hydrogens (tertiary/aromatic N) is 2. The van der Waals surface area contributed by atoms with Crippen molar-refractivity contribution < 1.29 is 18.0 Å². The summed E-state index contributed by atoms with van der Waals surface area (Å²) < 4.78 is 28.6. The van der Waals surface area contributed by atoms with Crippen LogP contribution in [0.4, 0.5) is 5.69 Å². The first-order valence-corrected chi connectivity index (χ1v) is 14.3. The van der Waals surface area contributed by atoms with Crippen molar-refractivity contribution in [2.24, 2.45) is 0 Å². The summed E-state index contributed by atoms with van der Waals surface area (Å²) in [5.74, 6) is -0.917. The molecule has 0 aliphatic rings. The number of hydrogen-bond acceptors (Lipinski definition) is 4. The fourth-order valence-corrected chi connectivity index (χ4v) is 5.82. The first-order valence-electron chi connectivity index (χ1n) is 12.1. The zero-order chi connectivity index (χ0) is 28.0.